The number of nitrogens with one attached hydrogen (secondary N) is 1. The van der Waals surface area contributed by atoms with Crippen LogP contribution in [0.25, 0.3) is 0 Å². The first-order valence-corrected chi connectivity index (χ1v) is 5.89. The van der Waals surface area contributed by atoms with Gasteiger partial charge in [-0.1, -0.05) is 23.2 Å². The largest absolute Gasteiger partial charge is 0.361 e. The van der Waals surface area contributed by atoms with Gasteiger partial charge in [-0.25, -0.2) is 0 Å². The molecule has 1 fully saturated rings. The summed E-state index contributed by atoms with van der Waals surface area (Å²) < 4.78 is 0. The molecule has 1 aromatic rings. The summed E-state index contributed by atoms with van der Waals surface area (Å²) >= 11 is 11.9. The van der Waals surface area contributed by atoms with E-state index in [0.29, 0.717) is 16.6 Å². The predicted molar refractivity (Wildman–Crippen MR) is 66.3 cm³/mol. The number of rotatable bonds is 1. The van der Waals surface area contributed by atoms with Gasteiger partial charge in [0.15, 0.2) is 0 Å². The monoisotopic (exact) mass is 258 g/mol. The van der Waals surface area contributed by atoms with Crippen LogP contribution in [0, 0.1) is 0 Å². The van der Waals surface area contributed by atoms with Crippen LogP contribution in [0.4, 0.5) is 5.69 Å². The molecule has 5 heteroatoms. The first-order chi connectivity index (χ1) is 7.66. The van der Waals surface area contributed by atoms with Crippen molar-refractivity contribution in [2.75, 3.05) is 24.5 Å². The summed E-state index contributed by atoms with van der Waals surface area (Å²) in [5, 5.41) is 4.02. The molecule has 0 aliphatic carbocycles. The van der Waals surface area contributed by atoms with E-state index in [2.05, 4.69) is 5.32 Å². The zero-order valence-electron chi connectivity index (χ0n) is 8.67. The molecule has 0 saturated carbocycles. The van der Waals surface area contributed by atoms with Gasteiger partial charge in [-0.05, 0) is 24.6 Å². The second-order valence-electron chi connectivity index (χ2n) is 3.72. The first-order valence-electron chi connectivity index (χ1n) is 5.13. The maximum atomic E-state index is 11.4. The smallest absolute Gasteiger partial charge is 0.239 e. The standard InChI is InChI=1S/C11H12Cl2N2O/c12-8-2-3-10(9(13)6-8)15-5-1-4-14-11(16)7-15/h2-3,6H,1,4-5,7H2,(H,14,16). The van der Waals surface area contributed by atoms with Crippen LogP contribution in [0.2, 0.25) is 10.0 Å². The number of halogens is 2. The number of hydrogen-bond acceptors (Lipinski definition) is 2. The first kappa shape index (κ1) is 11.6. The van der Waals surface area contributed by atoms with Gasteiger partial charge in [0.1, 0.15) is 0 Å². The molecule has 1 heterocycles. The highest BCUT2D eigenvalue weighted by Gasteiger charge is 2.16. The molecule has 1 aliphatic rings. The highest BCUT2D eigenvalue weighted by atomic mass is 35.5. The Morgan fingerprint density at radius 3 is 2.88 bits per heavy atom. The van der Waals surface area contributed by atoms with Crippen molar-refractivity contribution < 1.29 is 4.79 Å². The molecule has 0 spiro atoms. The summed E-state index contributed by atoms with van der Waals surface area (Å²) in [6, 6.07) is 5.33. The maximum Gasteiger partial charge on any atom is 0.239 e. The minimum absolute atomic E-state index is 0.0310. The van der Waals surface area contributed by atoms with E-state index >= 15 is 0 Å². The lowest BCUT2D eigenvalue weighted by molar-refractivity contribution is -0.119. The third-order valence-electron chi connectivity index (χ3n) is 2.51. The van der Waals surface area contributed by atoms with E-state index < -0.39 is 0 Å². The van der Waals surface area contributed by atoms with E-state index in [0.717, 1.165) is 25.2 Å². The Bertz CT molecular complexity index is 409. The van der Waals surface area contributed by atoms with Crippen molar-refractivity contribution in [2.24, 2.45) is 0 Å². The van der Waals surface area contributed by atoms with Crippen LogP contribution in [-0.2, 0) is 4.79 Å². The van der Waals surface area contributed by atoms with Gasteiger partial charge >= 0.3 is 0 Å². The number of nitrogens with zero attached hydrogens (tertiary/aromatic N) is 1. The molecule has 0 radical (unpaired) electrons. The van der Waals surface area contributed by atoms with Crippen molar-refractivity contribution in [3.63, 3.8) is 0 Å². The molecule has 1 aromatic carbocycles. The average molecular weight is 259 g/mol. The van der Waals surface area contributed by atoms with Crippen molar-refractivity contribution >= 4 is 34.8 Å². The molecule has 1 aliphatic heterocycles. The maximum absolute atomic E-state index is 11.4. The van der Waals surface area contributed by atoms with Crippen molar-refractivity contribution in [2.45, 2.75) is 6.42 Å². The average Bonchev–Trinajstić information content (AvgIpc) is 2.43. The Labute approximate surface area is 104 Å². The highest BCUT2D eigenvalue weighted by molar-refractivity contribution is 6.36. The Morgan fingerprint density at radius 1 is 1.31 bits per heavy atom. The zero-order valence-corrected chi connectivity index (χ0v) is 10.2. The lowest BCUT2D eigenvalue weighted by Crippen LogP contribution is -2.33. The molecule has 16 heavy (non-hydrogen) atoms. The quantitative estimate of drug-likeness (QED) is 0.839. The van der Waals surface area contributed by atoms with Gasteiger partial charge in [0.2, 0.25) is 5.91 Å². The molecule has 86 valence electrons. The number of anilines is 1. The highest BCUT2D eigenvalue weighted by Crippen LogP contribution is 2.29. The summed E-state index contributed by atoms with van der Waals surface area (Å²) in [6.45, 7) is 1.89. The number of carbonyl (C=O) groups excluding carboxylic acids is 1. The summed E-state index contributed by atoms with van der Waals surface area (Å²) in [4.78, 5) is 13.4. The molecule has 0 unspecified atom stereocenters. The van der Waals surface area contributed by atoms with Crippen LogP contribution >= 0.6 is 23.2 Å². The Hall–Kier alpha value is -0.930. The number of carbonyl (C=O) groups is 1. The fourth-order valence-electron chi connectivity index (χ4n) is 1.75. The van der Waals surface area contributed by atoms with Crippen LogP contribution in [0.5, 0.6) is 0 Å². The molecular formula is C11H12Cl2N2O. The number of benzene rings is 1. The number of hydrogen-bond donors (Lipinski definition) is 1. The number of amides is 1. The van der Waals surface area contributed by atoms with E-state index in [-0.39, 0.29) is 5.91 Å². The van der Waals surface area contributed by atoms with Gasteiger partial charge in [-0.15, -0.1) is 0 Å². The van der Waals surface area contributed by atoms with Crippen molar-refractivity contribution in [1.82, 2.24) is 5.32 Å². The van der Waals surface area contributed by atoms with E-state index in [1.165, 1.54) is 0 Å². The predicted octanol–water partition coefficient (Wildman–Crippen LogP) is 2.32. The third-order valence-corrected chi connectivity index (χ3v) is 3.05. The van der Waals surface area contributed by atoms with E-state index in [1.54, 1.807) is 12.1 Å². The van der Waals surface area contributed by atoms with Crippen molar-refractivity contribution in [3.8, 4) is 0 Å². The van der Waals surface area contributed by atoms with Gasteiger partial charge in [-0.3, -0.25) is 4.79 Å². The molecule has 1 N–H and O–H groups in total. The van der Waals surface area contributed by atoms with Crippen LogP contribution in [0.1, 0.15) is 6.42 Å². The SMILES string of the molecule is O=C1CN(c2ccc(Cl)cc2Cl)CCCN1. The summed E-state index contributed by atoms with van der Waals surface area (Å²) in [7, 11) is 0. The van der Waals surface area contributed by atoms with Gasteiger partial charge in [0, 0.05) is 18.1 Å². The molecular weight excluding hydrogens is 247 g/mol. The van der Waals surface area contributed by atoms with Gasteiger partial charge < -0.3 is 10.2 Å². The molecule has 0 aromatic heterocycles. The molecule has 0 atom stereocenters. The normalized spacial score (nSPS) is 16.9. The van der Waals surface area contributed by atoms with Crippen molar-refractivity contribution in [1.29, 1.82) is 0 Å². The second kappa shape index (κ2) is 4.93. The van der Waals surface area contributed by atoms with Crippen LogP contribution in [0.15, 0.2) is 18.2 Å². The minimum Gasteiger partial charge on any atom is -0.361 e. The third kappa shape index (κ3) is 2.60. The fraction of sp³-hybridized carbons (Fsp3) is 0.364. The summed E-state index contributed by atoms with van der Waals surface area (Å²) in [5.41, 5.74) is 0.864. The molecule has 1 amide bonds. The second-order valence-corrected chi connectivity index (χ2v) is 4.56. The fourth-order valence-corrected chi connectivity index (χ4v) is 2.28. The van der Waals surface area contributed by atoms with Crippen molar-refractivity contribution in [3.05, 3.63) is 28.2 Å². The van der Waals surface area contributed by atoms with E-state index in [9.17, 15) is 4.79 Å². The molecule has 0 bridgehead atoms. The van der Waals surface area contributed by atoms with Gasteiger partial charge in [-0.2, -0.15) is 0 Å². The lowest BCUT2D eigenvalue weighted by atomic mass is 10.2. The van der Waals surface area contributed by atoms with Crippen LogP contribution < -0.4 is 10.2 Å². The Balaban J connectivity index is 2.24. The summed E-state index contributed by atoms with van der Waals surface area (Å²) in [5.74, 6) is 0.0310. The molecule has 1 saturated heterocycles. The zero-order chi connectivity index (χ0) is 11.5. The van der Waals surface area contributed by atoms with Crippen LogP contribution in [-0.4, -0.2) is 25.5 Å². The Kier molecular flexibility index (Phi) is 3.56. The molecule has 3 nitrogen and oxygen atoms in total. The minimum atomic E-state index is 0.0310. The van der Waals surface area contributed by atoms with E-state index in [4.69, 9.17) is 23.2 Å². The van der Waals surface area contributed by atoms with E-state index in [1.807, 2.05) is 11.0 Å². The molecule has 2 rings (SSSR count). The Morgan fingerprint density at radius 2 is 2.12 bits per heavy atom. The topological polar surface area (TPSA) is 32.3 Å². The van der Waals surface area contributed by atoms with Gasteiger partial charge in [0.05, 0.1) is 17.3 Å². The van der Waals surface area contributed by atoms with Gasteiger partial charge in [0.25, 0.3) is 0 Å². The lowest BCUT2D eigenvalue weighted by Gasteiger charge is -2.22. The van der Waals surface area contributed by atoms with Crippen LogP contribution in [0.3, 0.4) is 0 Å². The summed E-state index contributed by atoms with van der Waals surface area (Å²) in [6.07, 6.45) is 0.921.